The lowest BCUT2D eigenvalue weighted by Crippen LogP contribution is -2.32. The molecule has 35 heavy (non-hydrogen) atoms. The van der Waals surface area contributed by atoms with Crippen molar-refractivity contribution in [3.8, 4) is 11.5 Å². The van der Waals surface area contributed by atoms with Crippen LogP contribution in [0.15, 0.2) is 66.7 Å². The van der Waals surface area contributed by atoms with Crippen LogP contribution in [-0.2, 0) is 24.1 Å². The zero-order valence-corrected chi connectivity index (χ0v) is 20.5. The third kappa shape index (κ3) is 8.12. The third-order valence-corrected chi connectivity index (χ3v) is 6.21. The van der Waals surface area contributed by atoms with E-state index in [1.165, 1.54) is 11.6 Å². The molecule has 186 valence electrons. The molecule has 0 aliphatic carbocycles. The normalized spacial score (nSPS) is 12.8. The number of carbonyl (C=O) groups is 1. The van der Waals surface area contributed by atoms with E-state index < -0.39 is 6.10 Å². The minimum absolute atomic E-state index is 0.0328. The number of phenolic OH excluding ortho intramolecular Hbond substituents is 2. The molecule has 6 heteroatoms. The van der Waals surface area contributed by atoms with Crippen LogP contribution in [-0.4, -0.2) is 40.4 Å². The molecule has 6 nitrogen and oxygen atoms in total. The molecule has 3 rings (SSSR count). The number of aliphatic hydroxyl groups is 1. The highest BCUT2D eigenvalue weighted by molar-refractivity contribution is 5.78. The number of benzene rings is 3. The average Bonchev–Trinajstić information content (AvgIpc) is 2.86. The smallest absolute Gasteiger partial charge is 0.224 e. The highest BCUT2D eigenvalue weighted by atomic mass is 16.3. The van der Waals surface area contributed by atoms with E-state index in [0.717, 1.165) is 30.4 Å². The molecule has 0 heterocycles. The molecule has 2 atom stereocenters. The summed E-state index contributed by atoms with van der Waals surface area (Å²) in [5, 5.41) is 36.3. The molecular formula is C29H36N2O4. The number of amides is 1. The summed E-state index contributed by atoms with van der Waals surface area (Å²) in [5.41, 5.74) is 4.47. The number of hydrogen-bond acceptors (Lipinski definition) is 5. The first-order chi connectivity index (χ1) is 16.8. The largest absolute Gasteiger partial charge is 0.504 e. The van der Waals surface area contributed by atoms with Gasteiger partial charge in [0.15, 0.2) is 11.5 Å². The van der Waals surface area contributed by atoms with Crippen molar-refractivity contribution in [3.05, 3.63) is 94.5 Å². The lowest BCUT2D eigenvalue weighted by atomic mass is 10.0. The van der Waals surface area contributed by atoms with Crippen LogP contribution in [0.25, 0.3) is 0 Å². The van der Waals surface area contributed by atoms with Gasteiger partial charge in [0.05, 0.1) is 12.5 Å². The Balaban J connectivity index is 1.38. The van der Waals surface area contributed by atoms with Gasteiger partial charge in [-0.15, -0.1) is 0 Å². The molecule has 0 saturated carbocycles. The van der Waals surface area contributed by atoms with Gasteiger partial charge in [-0.05, 0) is 61.4 Å². The molecule has 0 aromatic heterocycles. The molecular weight excluding hydrogens is 440 g/mol. The van der Waals surface area contributed by atoms with Crippen LogP contribution in [0.1, 0.15) is 47.3 Å². The molecule has 0 bridgehead atoms. The fraction of sp³-hybridized carbons (Fsp3) is 0.345. The molecule has 0 spiro atoms. The van der Waals surface area contributed by atoms with E-state index >= 15 is 0 Å². The molecule has 0 saturated heterocycles. The molecule has 0 radical (unpaired) electrons. The molecule has 3 aromatic rings. The summed E-state index contributed by atoms with van der Waals surface area (Å²) in [6, 6.07) is 21.5. The Morgan fingerprint density at radius 2 is 1.60 bits per heavy atom. The van der Waals surface area contributed by atoms with Crippen molar-refractivity contribution in [2.24, 2.45) is 0 Å². The topological polar surface area (TPSA) is 102 Å². The number of phenols is 2. The molecule has 0 aliphatic rings. The summed E-state index contributed by atoms with van der Waals surface area (Å²) in [6.07, 6.45) is 2.22. The van der Waals surface area contributed by atoms with Crippen molar-refractivity contribution in [1.29, 1.82) is 0 Å². The monoisotopic (exact) mass is 476 g/mol. The predicted octanol–water partition coefficient (Wildman–Crippen LogP) is 3.95. The Hall–Kier alpha value is -3.35. The number of aliphatic hydroxyl groups excluding tert-OH is 1. The molecule has 0 aliphatic heterocycles. The summed E-state index contributed by atoms with van der Waals surface area (Å²) in [4.78, 5) is 12.2. The molecule has 0 unspecified atom stereocenters. The third-order valence-electron chi connectivity index (χ3n) is 6.21. The minimum Gasteiger partial charge on any atom is -0.504 e. The number of hydrogen-bond donors (Lipinski definition) is 5. The number of aromatic hydroxyl groups is 2. The van der Waals surface area contributed by atoms with Gasteiger partial charge in [-0.1, -0.05) is 60.7 Å². The van der Waals surface area contributed by atoms with Gasteiger partial charge in [0.1, 0.15) is 0 Å². The molecule has 3 aromatic carbocycles. The Bertz CT molecular complexity index is 1080. The second kappa shape index (κ2) is 12.9. The van der Waals surface area contributed by atoms with E-state index in [1.807, 2.05) is 49.4 Å². The maximum absolute atomic E-state index is 12.2. The van der Waals surface area contributed by atoms with Gasteiger partial charge in [0.2, 0.25) is 5.91 Å². The zero-order valence-electron chi connectivity index (χ0n) is 20.5. The molecule has 5 N–H and O–H groups in total. The molecule has 0 fully saturated rings. The summed E-state index contributed by atoms with van der Waals surface area (Å²) in [7, 11) is 0. The fourth-order valence-corrected chi connectivity index (χ4v) is 4.12. The van der Waals surface area contributed by atoms with Gasteiger partial charge in [0.25, 0.3) is 0 Å². The van der Waals surface area contributed by atoms with Crippen LogP contribution in [0, 0.1) is 6.92 Å². The minimum atomic E-state index is -0.794. The summed E-state index contributed by atoms with van der Waals surface area (Å²) < 4.78 is 0. The van der Waals surface area contributed by atoms with Gasteiger partial charge < -0.3 is 26.0 Å². The predicted molar refractivity (Wildman–Crippen MR) is 139 cm³/mol. The van der Waals surface area contributed by atoms with Crippen LogP contribution in [0.3, 0.4) is 0 Å². The Kier molecular flexibility index (Phi) is 9.70. The lowest BCUT2D eigenvalue weighted by molar-refractivity contribution is -0.120. The second-order valence-electron chi connectivity index (χ2n) is 9.11. The van der Waals surface area contributed by atoms with Gasteiger partial charge in [0, 0.05) is 24.7 Å². The van der Waals surface area contributed by atoms with Crippen LogP contribution >= 0.6 is 0 Å². The average molecular weight is 477 g/mol. The van der Waals surface area contributed by atoms with Crippen molar-refractivity contribution >= 4 is 5.91 Å². The van der Waals surface area contributed by atoms with E-state index in [9.17, 15) is 20.1 Å². The van der Waals surface area contributed by atoms with Crippen molar-refractivity contribution in [1.82, 2.24) is 10.6 Å². The van der Waals surface area contributed by atoms with Crippen LogP contribution in [0.4, 0.5) is 0 Å². The van der Waals surface area contributed by atoms with Gasteiger partial charge >= 0.3 is 0 Å². The first-order valence-electron chi connectivity index (χ1n) is 12.1. The van der Waals surface area contributed by atoms with E-state index in [0.29, 0.717) is 30.6 Å². The number of aryl methyl sites for hydroxylation is 1. The van der Waals surface area contributed by atoms with E-state index in [4.69, 9.17) is 0 Å². The summed E-state index contributed by atoms with van der Waals surface area (Å²) >= 11 is 0. The van der Waals surface area contributed by atoms with Gasteiger partial charge in [-0.3, -0.25) is 4.79 Å². The standard InChI is InChI=1S/C29H36N2O4/c1-20(31-19-27(33)25-14-15-26(32)29(35)21(25)2)17-23-10-12-24(13-11-23)18-28(34)30-16-6-9-22-7-4-3-5-8-22/h3-5,7-8,10-15,20,27,31-33,35H,6,9,16-19H2,1-2H3,(H,30,34)/t20-,27+/m1/s1. The quantitative estimate of drug-likeness (QED) is 0.201. The van der Waals surface area contributed by atoms with E-state index in [1.54, 1.807) is 13.0 Å². The number of carbonyl (C=O) groups excluding carboxylic acids is 1. The van der Waals surface area contributed by atoms with Crippen molar-refractivity contribution in [3.63, 3.8) is 0 Å². The second-order valence-corrected chi connectivity index (χ2v) is 9.11. The summed E-state index contributed by atoms with van der Waals surface area (Å²) in [6.45, 7) is 4.72. The number of rotatable bonds is 12. The molecule has 1 amide bonds. The van der Waals surface area contributed by atoms with Gasteiger partial charge in [-0.25, -0.2) is 0 Å². The van der Waals surface area contributed by atoms with Crippen LogP contribution < -0.4 is 10.6 Å². The van der Waals surface area contributed by atoms with Crippen molar-refractivity contribution < 1.29 is 20.1 Å². The number of nitrogens with one attached hydrogen (secondary N) is 2. The maximum Gasteiger partial charge on any atom is 0.224 e. The maximum atomic E-state index is 12.2. The Labute approximate surface area is 207 Å². The van der Waals surface area contributed by atoms with Crippen molar-refractivity contribution in [2.75, 3.05) is 13.1 Å². The summed E-state index contributed by atoms with van der Waals surface area (Å²) in [5.74, 6) is -0.357. The van der Waals surface area contributed by atoms with E-state index in [2.05, 4.69) is 22.8 Å². The first-order valence-corrected chi connectivity index (χ1v) is 12.1. The van der Waals surface area contributed by atoms with Gasteiger partial charge in [-0.2, -0.15) is 0 Å². The highest BCUT2D eigenvalue weighted by Crippen LogP contribution is 2.33. The first kappa shape index (κ1) is 26.3. The Morgan fingerprint density at radius 1 is 0.914 bits per heavy atom. The fourth-order valence-electron chi connectivity index (χ4n) is 4.12. The van der Waals surface area contributed by atoms with Crippen molar-refractivity contribution in [2.45, 2.75) is 51.7 Å². The lowest BCUT2D eigenvalue weighted by Gasteiger charge is -2.19. The highest BCUT2D eigenvalue weighted by Gasteiger charge is 2.16. The Morgan fingerprint density at radius 3 is 2.31 bits per heavy atom. The van der Waals surface area contributed by atoms with Crippen LogP contribution in [0.2, 0.25) is 0 Å². The van der Waals surface area contributed by atoms with Crippen LogP contribution in [0.5, 0.6) is 11.5 Å². The van der Waals surface area contributed by atoms with E-state index in [-0.39, 0.29) is 23.4 Å². The zero-order chi connectivity index (χ0) is 25.2. The SMILES string of the molecule is Cc1c([C@@H](O)CN[C@H](C)Cc2ccc(CC(=O)NCCCc3ccccc3)cc2)ccc(O)c1O.